The van der Waals surface area contributed by atoms with Gasteiger partial charge in [0.15, 0.2) is 0 Å². The number of amides is 2. The van der Waals surface area contributed by atoms with Gasteiger partial charge in [0.05, 0.1) is 11.2 Å². The molecule has 1 atom stereocenters. The van der Waals surface area contributed by atoms with Crippen LogP contribution in [0.5, 0.6) is 0 Å². The third-order valence-electron chi connectivity index (χ3n) is 5.56. The van der Waals surface area contributed by atoms with E-state index in [9.17, 15) is 9.59 Å². The zero-order valence-corrected chi connectivity index (χ0v) is 17.8. The smallest absolute Gasteiger partial charge is 0.246 e. The molecule has 1 fully saturated rings. The zero-order chi connectivity index (χ0) is 22.6. The SMILES string of the molecule is O=C1CC[C@H](C(=O)Nc2cccc(Nc3ccc4c(/C=C/c5ccccc5)n[nH]c4c3)c2)N1. The van der Waals surface area contributed by atoms with E-state index in [4.69, 9.17) is 0 Å². The number of anilines is 3. The third kappa shape index (κ3) is 4.77. The highest BCUT2D eigenvalue weighted by Gasteiger charge is 2.27. The molecule has 4 aromatic rings. The van der Waals surface area contributed by atoms with Crippen LogP contribution < -0.4 is 16.0 Å². The summed E-state index contributed by atoms with van der Waals surface area (Å²) in [4.78, 5) is 23.7. The Morgan fingerprint density at radius 1 is 0.939 bits per heavy atom. The van der Waals surface area contributed by atoms with Crippen molar-refractivity contribution in [3.63, 3.8) is 0 Å². The molecule has 0 unspecified atom stereocenters. The average Bonchev–Trinajstić information content (AvgIpc) is 3.44. The van der Waals surface area contributed by atoms with Crippen molar-refractivity contribution in [1.29, 1.82) is 0 Å². The van der Waals surface area contributed by atoms with E-state index in [0.29, 0.717) is 18.5 Å². The second-order valence-electron chi connectivity index (χ2n) is 7.97. The quantitative estimate of drug-likeness (QED) is 0.352. The van der Waals surface area contributed by atoms with Crippen molar-refractivity contribution in [1.82, 2.24) is 15.5 Å². The summed E-state index contributed by atoms with van der Waals surface area (Å²) < 4.78 is 0. The first-order valence-electron chi connectivity index (χ1n) is 10.8. The standard InChI is InChI=1S/C26H23N5O2/c32-25-14-13-23(29-25)26(33)28-19-8-4-7-18(15-19)27-20-10-11-21-22(30-31-24(21)16-20)12-9-17-5-2-1-3-6-17/h1-12,15-16,23,27H,13-14H2,(H,28,33)(H,29,32)(H,30,31)/b12-9+/t23-/m1/s1. The topological polar surface area (TPSA) is 98.9 Å². The number of fused-ring (bicyclic) bond motifs is 1. The Balaban J connectivity index is 1.28. The van der Waals surface area contributed by atoms with Crippen LogP contribution in [0, 0.1) is 0 Å². The van der Waals surface area contributed by atoms with Crippen LogP contribution in [0.3, 0.4) is 0 Å². The number of aromatic amines is 1. The second kappa shape index (κ2) is 9.00. The second-order valence-corrected chi connectivity index (χ2v) is 7.97. The first kappa shape index (κ1) is 20.5. The Labute approximate surface area is 190 Å². The molecule has 5 rings (SSSR count). The van der Waals surface area contributed by atoms with Gasteiger partial charge in [0.25, 0.3) is 0 Å². The number of nitrogens with one attached hydrogen (secondary N) is 4. The van der Waals surface area contributed by atoms with E-state index in [0.717, 1.165) is 33.5 Å². The summed E-state index contributed by atoms with van der Waals surface area (Å²) in [5.74, 6) is -0.286. The van der Waals surface area contributed by atoms with E-state index in [1.54, 1.807) is 0 Å². The molecule has 3 aromatic carbocycles. The molecule has 0 spiro atoms. The van der Waals surface area contributed by atoms with Crippen LogP contribution in [0.15, 0.2) is 72.8 Å². The predicted molar refractivity (Wildman–Crippen MR) is 131 cm³/mol. The molecule has 7 heteroatoms. The lowest BCUT2D eigenvalue weighted by Crippen LogP contribution is -2.37. The molecule has 1 aliphatic heterocycles. The number of carbonyl (C=O) groups excluding carboxylic acids is 2. The van der Waals surface area contributed by atoms with Crippen LogP contribution in [-0.4, -0.2) is 28.1 Å². The normalized spacial score (nSPS) is 15.6. The van der Waals surface area contributed by atoms with Crippen molar-refractivity contribution in [2.45, 2.75) is 18.9 Å². The van der Waals surface area contributed by atoms with Crippen LogP contribution in [0.1, 0.15) is 24.1 Å². The molecule has 0 saturated carbocycles. The molecule has 7 nitrogen and oxygen atoms in total. The Morgan fingerprint density at radius 3 is 2.58 bits per heavy atom. The van der Waals surface area contributed by atoms with Gasteiger partial charge in [0.2, 0.25) is 11.8 Å². The lowest BCUT2D eigenvalue weighted by atomic mass is 10.1. The van der Waals surface area contributed by atoms with Crippen molar-refractivity contribution in [2.75, 3.05) is 10.6 Å². The molecule has 0 radical (unpaired) electrons. The summed E-state index contributed by atoms with van der Waals surface area (Å²) in [6.45, 7) is 0. The highest BCUT2D eigenvalue weighted by molar-refractivity contribution is 5.99. The van der Waals surface area contributed by atoms with E-state index in [1.165, 1.54) is 0 Å². The van der Waals surface area contributed by atoms with Gasteiger partial charge >= 0.3 is 0 Å². The first-order chi connectivity index (χ1) is 16.1. The maximum Gasteiger partial charge on any atom is 0.246 e. The highest BCUT2D eigenvalue weighted by Crippen LogP contribution is 2.25. The molecular weight excluding hydrogens is 414 g/mol. The third-order valence-corrected chi connectivity index (χ3v) is 5.56. The first-order valence-corrected chi connectivity index (χ1v) is 10.8. The van der Waals surface area contributed by atoms with Crippen molar-refractivity contribution in [3.05, 3.63) is 84.1 Å². The number of nitrogens with zero attached hydrogens (tertiary/aromatic N) is 1. The summed E-state index contributed by atoms with van der Waals surface area (Å²) >= 11 is 0. The molecule has 0 aliphatic carbocycles. The Morgan fingerprint density at radius 2 is 1.76 bits per heavy atom. The number of rotatable bonds is 6. The number of hydrogen-bond acceptors (Lipinski definition) is 4. The minimum absolute atomic E-state index is 0.0847. The van der Waals surface area contributed by atoms with Crippen LogP contribution >= 0.6 is 0 Å². The Hall–Kier alpha value is -4.39. The van der Waals surface area contributed by atoms with Gasteiger partial charge in [-0.2, -0.15) is 5.10 Å². The van der Waals surface area contributed by atoms with E-state index < -0.39 is 6.04 Å². The van der Waals surface area contributed by atoms with E-state index in [-0.39, 0.29) is 11.8 Å². The molecule has 33 heavy (non-hydrogen) atoms. The summed E-state index contributed by atoms with van der Waals surface area (Å²) in [5, 5.41) is 17.5. The summed E-state index contributed by atoms with van der Waals surface area (Å²) in [6.07, 6.45) is 4.95. The molecule has 4 N–H and O–H groups in total. The van der Waals surface area contributed by atoms with E-state index in [2.05, 4.69) is 26.1 Å². The number of hydrogen-bond donors (Lipinski definition) is 4. The van der Waals surface area contributed by atoms with E-state index >= 15 is 0 Å². The van der Waals surface area contributed by atoms with Crippen LogP contribution in [-0.2, 0) is 9.59 Å². The zero-order valence-electron chi connectivity index (χ0n) is 17.8. The van der Waals surface area contributed by atoms with Gasteiger partial charge in [0, 0.05) is 28.9 Å². The highest BCUT2D eigenvalue weighted by atomic mass is 16.2. The molecular formula is C26H23N5O2. The molecule has 2 amide bonds. The largest absolute Gasteiger partial charge is 0.355 e. The fourth-order valence-corrected chi connectivity index (χ4v) is 3.87. The maximum absolute atomic E-state index is 12.4. The molecule has 2 heterocycles. The maximum atomic E-state index is 12.4. The Kier molecular flexibility index (Phi) is 5.59. The van der Waals surface area contributed by atoms with Crippen LogP contribution in [0.4, 0.5) is 17.1 Å². The minimum Gasteiger partial charge on any atom is -0.355 e. The van der Waals surface area contributed by atoms with Crippen LogP contribution in [0.25, 0.3) is 23.1 Å². The minimum atomic E-state index is -0.470. The number of benzene rings is 3. The van der Waals surface area contributed by atoms with E-state index in [1.807, 2.05) is 84.9 Å². The molecule has 0 bridgehead atoms. The van der Waals surface area contributed by atoms with Crippen molar-refractivity contribution >= 4 is 51.9 Å². The molecule has 1 aromatic heterocycles. The summed E-state index contributed by atoms with van der Waals surface area (Å²) in [6, 6.07) is 23.1. The van der Waals surface area contributed by atoms with Crippen molar-refractivity contribution in [3.8, 4) is 0 Å². The van der Waals surface area contributed by atoms with Gasteiger partial charge in [-0.1, -0.05) is 42.5 Å². The Bertz CT molecular complexity index is 1340. The number of H-pyrrole nitrogens is 1. The lowest BCUT2D eigenvalue weighted by Gasteiger charge is -2.12. The average molecular weight is 438 g/mol. The fourth-order valence-electron chi connectivity index (χ4n) is 3.87. The summed E-state index contributed by atoms with van der Waals surface area (Å²) in [5.41, 5.74) is 5.33. The monoisotopic (exact) mass is 437 g/mol. The van der Waals surface area contributed by atoms with Gasteiger partial charge in [0.1, 0.15) is 6.04 Å². The summed E-state index contributed by atoms with van der Waals surface area (Å²) in [7, 11) is 0. The van der Waals surface area contributed by atoms with Gasteiger partial charge in [-0.15, -0.1) is 0 Å². The van der Waals surface area contributed by atoms with Crippen LogP contribution in [0.2, 0.25) is 0 Å². The fraction of sp³-hybridized carbons (Fsp3) is 0.115. The molecule has 164 valence electrons. The molecule has 1 aliphatic rings. The predicted octanol–water partition coefficient (Wildman–Crippen LogP) is 4.69. The van der Waals surface area contributed by atoms with Crippen molar-refractivity contribution in [2.24, 2.45) is 0 Å². The van der Waals surface area contributed by atoms with Gasteiger partial charge in [-0.25, -0.2) is 0 Å². The van der Waals surface area contributed by atoms with Gasteiger partial charge < -0.3 is 16.0 Å². The van der Waals surface area contributed by atoms with Gasteiger partial charge in [-0.05, 0) is 54.5 Å². The lowest BCUT2D eigenvalue weighted by molar-refractivity contribution is -0.122. The molecule has 1 saturated heterocycles. The number of carbonyl (C=O) groups is 2. The number of aromatic nitrogens is 2. The van der Waals surface area contributed by atoms with Crippen molar-refractivity contribution < 1.29 is 9.59 Å². The van der Waals surface area contributed by atoms with Gasteiger partial charge in [-0.3, -0.25) is 14.7 Å².